The average molecular weight is 464 g/mol. The highest BCUT2D eigenvalue weighted by atomic mass is 35.5. The van der Waals surface area contributed by atoms with Gasteiger partial charge in [0.2, 0.25) is 11.6 Å². The van der Waals surface area contributed by atoms with E-state index in [9.17, 15) is 9.59 Å². The number of anilines is 1. The Labute approximate surface area is 189 Å². The molecule has 2 aromatic heterocycles. The summed E-state index contributed by atoms with van der Waals surface area (Å²) in [6.45, 7) is 2.70. The predicted octanol–water partition coefficient (Wildman–Crippen LogP) is 1.63. The van der Waals surface area contributed by atoms with Gasteiger partial charge in [-0.15, -0.1) is 5.10 Å². The molecule has 0 radical (unpaired) electrons. The monoisotopic (exact) mass is 463 g/mol. The molecule has 0 bridgehead atoms. The number of carbonyl (C=O) groups excluding carboxylic acids is 2. The van der Waals surface area contributed by atoms with Gasteiger partial charge in [-0.25, -0.2) is 4.98 Å². The second-order valence-electron chi connectivity index (χ2n) is 7.07. The van der Waals surface area contributed by atoms with Gasteiger partial charge in [-0.1, -0.05) is 17.7 Å². The lowest BCUT2D eigenvalue weighted by Gasteiger charge is -2.17. The number of likely N-dealkylation sites (tertiary alicyclic amines) is 1. The summed E-state index contributed by atoms with van der Waals surface area (Å²) in [7, 11) is 0. The molecule has 1 aliphatic rings. The standard InChI is InChI=1S/C19H20ClN7O3.H2S/c1-10(28)22-13-4-5-27(8-13)19(29)11-2-3-12(14(20)6-11)9-30-15-7-16(21)23-18-17(15)24-26-25-18;/h2-3,6-7,13H,4-5,8-9H2,1H3,(H,22,28)(H3,21,23,24,25,26);1H2/t13-;/m0./s1. The predicted molar refractivity (Wildman–Crippen MR) is 120 cm³/mol. The summed E-state index contributed by atoms with van der Waals surface area (Å²) in [5, 5.41) is 13.7. The lowest BCUT2D eigenvalue weighted by atomic mass is 10.1. The number of H-pyrrole nitrogens is 1. The van der Waals surface area contributed by atoms with Crippen LogP contribution in [-0.4, -0.2) is 56.2 Å². The Bertz CT molecular complexity index is 1120. The summed E-state index contributed by atoms with van der Waals surface area (Å²) >= 11 is 6.39. The molecule has 4 N–H and O–H groups in total. The van der Waals surface area contributed by atoms with Crippen LogP contribution in [0.1, 0.15) is 29.3 Å². The number of nitrogen functional groups attached to an aromatic ring is 1. The van der Waals surface area contributed by atoms with Crippen molar-refractivity contribution in [2.75, 3.05) is 18.8 Å². The van der Waals surface area contributed by atoms with Gasteiger partial charge in [0.25, 0.3) is 5.91 Å². The van der Waals surface area contributed by atoms with E-state index in [1.54, 1.807) is 29.2 Å². The molecule has 1 fully saturated rings. The molecule has 0 unspecified atom stereocenters. The fourth-order valence-electron chi connectivity index (χ4n) is 3.42. The summed E-state index contributed by atoms with van der Waals surface area (Å²) in [5.41, 5.74) is 7.79. The van der Waals surface area contributed by atoms with Crippen molar-refractivity contribution in [2.45, 2.75) is 26.0 Å². The van der Waals surface area contributed by atoms with Crippen LogP contribution in [0.5, 0.6) is 5.75 Å². The normalized spacial score (nSPS) is 15.5. The molecule has 3 heterocycles. The molecular formula is C19H22ClN7O3S. The number of hydrogen-bond acceptors (Lipinski definition) is 7. The maximum Gasteiger partial charge on any atom is 0.253 e. The number of amides is 2. The van der Waals surface area contributed by atoms with Gasteiger partial charge in [0.05, 0.1) is 0 Å². The van der Waals surface area contributed by atoms with Crippen molar-refractivity contribution in [3.05, 3.63) is 40.4 Å². The number of halogens is 1. The van der Waals surface area contributed by atoms with E-state index < -0.39 is 0 Å². The van der Waals surface area contributed by atoms with E-state index in [4.69, 9.17) is 22.1 Å². The first-order valence-electron chi connectivity index (χ1n) is 9.35. The van der Waals surface area contributed by atoms with Crippen molar-refractivity contribution in [3.8, 4) is 5.75 Å². The number of ether oxygens (including phenoxy) is 1. The number of nitrogens with zero attached hydrogens (tertiary/aromatic N) is 4. The molecule has 0 saturated carbocycles. The summed E-state index contributed by atoms with van der Waals surface area (Å²) in [4.78, 5) is 29.7. The highest BCUT2D eigenvalue weighted by molar-refractivity contribution is 7.59. The van der Waals surface area contributed by atoms with Gasteiger partial charge in [0.15, 0.2) is 11.3 Å². The van der Waals surface area contributed by atoms with E-state index in [1.165, 1.54) is 6.92 Å². The minimum Gasteiger partial charge on any atom is -0.486 e. The zero-order chi connectivity index (χ0) is 21.3. The molecule has 1 atom stereocenters. The highest BCUT2D eigenvalue weighted by Crippen LogP contribution is 2.26. The number of pyridine rings is 1. The summed E-state index contributed by atoms with van der Waals surface area (Å²) in [5.74, 6) is 0.481. The average Bonchev–Trinajstić information content (AvgIpc) is 3.35. The van der Waals surface area contributed by atoms with Crippen LogP contribution in [0, 0.1) is 0 Å². The van der Waals surface area contributed by atoms with Gasteiger partial charge >= 0.3 is 0 Å². The third-order valence-corrected chi connectivity index (χ3v) is 5.19. The number of benzene rings is 1. The molecular weight excluding hydrogens is 442 g/mol. The van der Waals surface area contributed by atoms with E-state index in [2.05, 4.69) is 25.7 Å². The number of nitrogens with one attached hydrogen (secondary N) is 2. The van der Waals surface area contributed by atoms with E-state index in [0.29, 0.717) is 46.2 Å². The number of fused-ring (bicyclic) bond motifs is 1. The molecule has 1 saturated heterocycles. The quantitative estimate of drug-likeness (QED) is 0.522. The maximum atomic E-state index is 12.8. The number of aromatic nitrogens is 4. The Hall–Kier alpha value is -3.05. The summed E-state index contributed by atoms with van der Waals surface area (Å²) < 4.78 is 5.81. The zero-order valence-electron chi connectivity index (χ0n) is 16.7. The minimum atomic E-state index is -0.122. The van der Waals surface area contributed by atoms with Gasteiger partial charge in [-0.3, -0.25) is 9.59 Å². The SMILES string of the molecule is CC(=O)N[C@H]1CCN(C(=O)c2ccc(COc3cc(N)nc4n[nH]nc34)c(Cl)c2)C1.S. The van der Waals surface area contributed by atoms with E-state index in [1.807, 2.05) is 0 Å². The smallest absolute Gasteiger partial charge is 0.253 e. The third-order valence-electron chi connectivity index (χ3n) is 4.84. The van der Waals surface area contributed by atoms with Gasteiger partial charge < -0.3 is 20.7 Å². The second-order valence-corrected chi connectivity index (χ2v) is 7.48. The zero-order valence-corrected chi connectivity index (χ0v) is 18.4. The summed E-state index contributed by atoms with van der Waals surface area (Å²) in [6.07, 6.45) is 0.733. The van der Waals surface area contributed by atoms with Crippen molar-refractivity contribution in [3.63, 3.8) is 0 Å². The second kappa shape index (κ2) is 9.40. The first-order chi connectivity index (χ1) is 14.4. The van der Waals surface area contributed by atoms with Gasteiger partial charge in [-0.2, -0.15) is 23.8 Å². The first-order valence-corrected chi connectivity index (χ1v) is 9.73. The molecule has 1 aromatic carbocycles. The van der Waals surface area contributed by atoms with Crippen molar-refractivity contribution in [1.29, 1.82) is 0 Å². The Morgan fingerprint density at radius 2 is 2.16 bits per heavy atom. The van der Waals surface area contributed by atoms with Crippen LogP contribution in [0.2, 0.25) is 5.02 Å². The van der Waals surface area contributed by atoms with Crippen LogP contribution in [-0.2, 0) is 11.4 Å². The van der Waals surface area contributed by atoms with Crippen molar-refractivity contribution < 1.29 is 14.3 Å². The van der Waals surface area contributed by atoms with Crippen molar-refractivity contribution in [1.82, 2.24) is 30.6 Å². The van der Waals surface area contributed by atoms with Crippen LogP contribution in [0.4, 0.5) is 5.82 Å². The topological polar surface area (TPSA) is 139 Å². The number of hydrogen-bond donors (Lipinski definition) is 3. The molecule has 12 heteroatoms. The largest absolute Gasteiger partial charge is 0.486 e. The Morgan fingerprint density at radius 1 is 1.35 bits per heavy atom. The fraction of sp³-hybridized carbons (Fsp3) is 0.316. The molecule has 10 nitrogen and oxygen atoms in total. The first kappa shape index (κ1) is 22.6. The van der Waals surface area contributed by atoms with E-state index in [0.717, 1.165) is 6.42 Å². The minimum absolute atomic E-state index is 0. The number of nitrogens with two attached hydrogens (primary N) is 1. The van der Waals surface area contributed by atoms with Crippen LogP contribution >= 0.6 is 25.1 Å². The van der Waals surface area contributed by atoms with Crippen molar-refractivity contribution >= 4 is 53.9 Å². The Morgan fingerprint density at radius 3 is 2.90 bits per heavy atom. The molecule has 164 valence electrons. The highest BCUT2D eigenvalue weighted by Gasteiger charge is 2.27. The molecule has 31 heavy (non-hydrogen) atoms. The molecule has 1 aliphatic heterocycles. The van der Waals surface area contributed by atoms with Gasteiger partial charge in [0, 0.05) is 48.3 Å². The fourth-order valence-corrected chi connectivity index (χ4v) is 3.66. The number of carbonyl (C=O) groups is 2. The number of rotatable bonds is 5. The molecule has 4 rings (SSSR count). The van der Waals surface area contributed by atoms with Crippen LogP contribution in [0.25, 0.3) is 11.2 Å². The maximum absolute atomic E-state index is 12.8. The molecule has 3 aromatic rings. The van der Waals surface area contributed by atoms with E-state index >= 15 is 0 Å². The van der Waals surface area contributed by atoms with Gasteiger partial charge in [0.1, 0.15) is 12.4 Å². The Balaban J connectivity index is 0.00000272. The van der Waals surface area contributed by atoms with E-state index in [-0.39, 0.29) is 43.8 Å². The molecule has 0 aliphatic carbocycles. The van der Waals surface area contributed by atoms with Crippen LogP contribution in [0.3, 0.4) is 0 Å². The molecule has 0 spiro atoms. The van der Waals surface area contributed by atoms with Crippen LogP contribution in [0.15, 0.2) is 24.3 Å². The van der Waals surface area contributed by atoms with Gasteiger partial charge in [-0.05, 0) is 18.6 Å². The number of aromatic amines is 1. The summed E-state index contributed by atoms with van der Waals surface area (Å²) in [6, 6.07) is 6.64. The third kappa shape index (κ3) is 5.00. The van der Waals surface area contributed by atoms with Crippen LogP contribution < -0.4 is 15.8 Å². The lowest BCUT2D eigenvalue weighted by Crippen LogP contribution is -2.37. The Kier molecular flexibility index (Phi) is 6.86. The lowest BCUT2D eigenvalue weighted by molar-refractivity contribution is -0.119. The van der Waals surface area contributed by atoms with Crippen molar-refractivity contribution in [2.24, 2.45) is 0 Å². The molecule has 2 amide bonds.